The number of likely N-dealkylation sites (tertiary alicyclic amines) is 1. The highest BCUT2D eigenvalue weighted by atomic mass is 79.9. The van der Waals surface area contributed by atoms with Crippen molar-refractivity contribution in [3.05, 3.63) is 50.4 Å². The Balaban J connectivity index is 1.33. The smallest absolute Gasteiger partial charge is 0.268 e. The molecule has 3 aromatic rings. The Hall–Kier alpha value is -2.10. The highest BCUT2D eigenvalue weighted by Gasteiger charge is 2.25. The van der Waals surface area contributed by atoms with Crippen LogP contribution in [0.15, 0.2) is 39.0 Å². The third kappa shape index (κ3) is 4.26. The monoisotopic (exact) mass is 447 g/mol. The van der Waals surface area contributed by atoms with Gasteiger partial charge in [-0.05, 0) is 65.4 Å². The molecule has 0 spiro atoms. The number of thiophene rings is 1. The minimum Gasteiger partial charge on any atom is -0.310 e. The van der Waals surface area contributed by atoms with Crippen LogP contribution in [-0.2, 0) is 11.3 Å². The first-order valence-electron chi connectivity index (χ1n) is 8.69. The second-order valence-electron chi connectivity index (χ2n) is 6.55. The molecule has 0 saturated carbocycles. The van der Waals surface area contributed by atoms with Gasteiger partial charge in [0.15, 0.2) is 0 Å². The van der Waals surface area contributed by atoms with E-state index in [1.807, 2.05) is 17.5 Å². The van der Waals surface area contributed by atoms with Gasteiger partial charge in [0.25, 0.3) is 5.56 Å². The maximum atomic E-state index is 12.4. The lowest BCUT2D eigenvalue weighted by atomic mass is 9.96. The first-order valence-corrected chi connectivity index (χ1v) is 10.4. The van der Waals surface area contributed by atoms with Crippen LogP contribution in [0.1, 0.15) is 18.7 Å². The Morgan fingerprint density at radius 1 is 1.33 bits per heavy atom. The molecule has 140 valence electrons. The summed E-state index contributed by atoms with van der Waals surface area (Å²) in [7, 11) is 0. The molecule has 1 aliphatic heterocycles. The van der Waals surface area contributed by atoms with Gasteiger partial charge in [0.2, 0.25) is 5.91 Å². The van der Waals surface area contributed by atoms with Gasteiger partial charge in [-0.1, -0.05) is 0 Å². The number of hydrogen-bond acceptors (Lipinski definition) is 6. The van der Waals surface area contributed by atoms with Crippen LogP contribution in [0, 0.1) is 5.92 Å². The molecule has 1 aliphatic rings. The number of hydrogen-bond donors (Lipinski definition) is 2. The van der Waals surface area contributed by atoms with Gasteiger partial charge in [-0.2, -0.15) is 0 Å². The molecule has 0 aliphatic carbocycles. The molecule has 0 atom stereocenters. The van der Waals surface area contributed by atoms with E-state index in [2.05, 4.69) is 41.1 Å². The molecule has 1 amide bonds. The summed E-state index contributed by atoms with van der Waals surface area (Å²) in [4.78, 5) is 38.3. The number of fused-ring (bicyclic) bond motifs is 1. The summed E-state index contributed by atoms with van der Waals surface area (Å²) in [5, 5.41) is 4.76. The molecule has 2 N–H and O–H groups in total. The summed E-state index contributed by atoms with van der Waals surface area (Å²) < 4.78 is 1.54. The second-order valence-corrected chi connectivity index (χ2v) is 8.38. The second kappa shape index (κ2) is 7.87. The average molecular weight is 448 g/mol. The van der Waals surface area contributed by atoms with Crippen LogP contribution in [0.5, 0.6) is 0 Å². The molecular formula is C18H18BrN5O2S. The van der Waals surface area contributed by atoms with Crippen LogP contribution in [-0.4, -0.2) is 38.8 Å². The molecular weight excluding hydrogens is 430 g/mol. The fourth-order valence-electron chi connectivity index (χ4n) is 3.24. The number of nitrogens with one attached hydrogen (secondary N) is 2. The quantitative estimate of drug-likeness (QED) is 0.641. The van der Waals surface area contributed by atoms with Crippen molar-refractivity contribution in [2.75, 3.05) is 18.4 Å². The molecule has 1 saturated heterocycles. The predicted octanol–water partition coefficient (Wildman–Crippen LogP) is 2.99. The van der Waals surface area contributed by atoms with Gasteiger partial charge in [0.05, 0.1) is 12.1 Å². The van der Waals surface area contributed by atoms with Gasteiger partial charge in [-0.15, -0.1) is 11.3 Å². The van der Waals surface area contributed by atoms with E-state index in [4.69, 9.17) is 0 Å². The minimum absolute atomic E-state index is 0.00990. The zero-order chi connectivity index (χ0) is 18.8. The van der Waals surface area contributed by atoms with Crippen LogP contribution in [0.3, 0.4) is 0 Å². The van der Waals surface area contributed by atoms with Gasteiger partial charge < -0.3 is 10.3 Å². The van der Waals surface area contributed by atoms with Crippen molar-refractivity contribution < 1.29 is 4.79 Å². The maximum absolute atomic E-state index is 12.4. The van der Waals surface area contributed by atoms with Gasteiger partial charge in [-0.25, -0.2) is 9.97 Å². The number of halogens is 1. The number of carbonyl (C=O) groups excluding carboxylic acids is 1. The Morgan fingerprint density at radius 2 is 2.15 bits per heavy atom. The number of carbonyl (C=O) groups is 1. The molecule has 1 fully saturated rings. The molecule has 27 heavy (non-hydrogen) atoms. The largest absolute Gasteiger partial charge is 0.310 e. The lowest BCUT2D eigenvalue weighted by Gasteiger charge is -2.30. The van der Waals surface area contributed by atoms with Crippen molar-refractivity contribution in [3.8, 4) is 0 Å². The first-order chi connectivity index (χ1) is 13.1. The standard InChI is InChI=1S/C18H18BrN5O2S/c19-12-1-2-14(20-9-12)22-17(25)11-3-6-24(7-4-11)10-15-21-13-5-8-27-16(13)18(26)23-15/h1-2,5,8-9,11H,3-4,6-7,10H2,(H,20,22,25)(H,21,23,26). The molecule has 0 unspecified atom stereocenters. The lowest BCUT2D eigenvalue weighted by molar-refractivity contribution is -0.121. The Labute approximate surface area is 168 Å². The van der Waals surface area contributed by atoms with E-state index in [-0.39, 0.29) is 17.4 Å². The van der Waals surface area contributed by atoms with Crippen LogP contribution in [0.2, 0.25) is 0 Å². The topological polar surface area (TPSA) is 91.0 Å². The molecule has 0 aromatic carbocycles. The number of amides is 1. The van der Waals surface area contributed by atoms with Crippen LogP contribution in [0.25, 0.3) is 10.2 Å². The minimum atomic E-state index is -0.0822. The number of piperidine rings is 1. The highest BCUT2D eigenvalue weighted by molar-refractivity contribution is 9.10. The fourth-order valence-corrected chi connectivity index (χ4v) is 4.20. The summed E-state index contributed by atoms with van der Waals surface area (Å²) in [5.74, 6) is 1.22. The molecule has 3 aromatic heterocycles. The van der Waals surface area contributed by atoms with E-state index in [1.165, 1.54) is 11.3 Å². The molecule has 4 heterocycles. The van der Waals surface area contributed by atoms with E-state index >= 15 is 0 Å². The SMILES string of the molecule is O=C(Nc1ccc(Br)cn1)C1CCN(Cc2nc3ccsc3c(=O)[nH]2)CC1. The van der Waals surface area contributed by atoms with Crippen molar-refractivity contribution in [2.24, 2.45) is 5.92 Å². The van der Waals surface area contributed by atoms with Crippen LogP contribution < -0.4 is 10.9 Å². The zero-order valence-electron chi connectivity index (χ0n) is 14.4. The number of aromatic amines is 1. The normalized spacial score (nSPS) is 15.9. The Bertz CT molecular complexity index is 1010. The van der Waals surface area contributed by atoms with Crippen molar-refractivity contribution in [1.82, 2.24) is 19.9 Å². The van der Waals surface area contributed by atoms with Crippen molar-refractivity contribution in [2.45, 2.75) is 19.4 Å². The first kappa shape index (κ1) is 18.3. The van der Waals surface area contributed by atoms with E-state index < -0.39 is 0 Å². The summed E-state index contributed by atoms with van der Waals surface area (Å²) in [6.45, 7) is 2.16. The fraction of sp³-hybridized carbons (Fsp3) is 0.333. The molecule has 0 radical (unpaired) electrons. The van der Waals surface area contributed by atoms with Crippen molar-refractivity contribution in [1.29, 1.82) is 0 Å². The van der Waals surface area contributed by atoms with Gasteiger partial charge >= 0.3 is 0 Å². The predicted molar refractivity (Wildman–Crippen MR) is 109 cm³/mol. The van der Waals surface area contributed by atoms with Gasteiger partial charge in [0, 0.05) is 16.6 Å². The third-order valence-corrected chi connectivity index (χ3v) is 6.05. The summed E-state index contributed by atoms with van der Waals surface area (Å²) >= 11 is 4.73. The summed E-state index contributed by atoms with van der Waals surface area (Å²) in [5.41, 5.74) is 0.663. The van der Waals surface area contributed by atoms with E-state index in [9.17, 15) is 9.59 Å². The van der Waals surface area contributed by atoms with Gasteiger partial charge in [0.1, 0.15) is 16.3 Å². The highest BCUT2D eigenvalue weighted by Crippen LogP contribution is 2.21. The summed E-state index contributed by atoms with van der Waals surface area (Å²) in [6.07, 6.45) is 3.21. The third-order valence-electron chi connectivity index (χ3n) is 4.67. The Kier molecular flexibility index (Phi) is 5.33. The molecule has 0 bridgehead atoms. The maximum Gasteiger partial charge on any atom is 0.268 e. The van der Waals surface area contributed by atoms with Crippen LogP contribution in [0.4, 0.5) is 5.82 Å². The molecule has 9 heteroatoms. The Morgan fingerprint density at radius 3 is 2.89 bits per heavy atom. The van der Waals surface area contributed by atoms with Crippen molar-refractivity contribution >= 4 is 49.2 Å². The van der Waals surface area contributed by atoms with Gasteiger partial charge in [-0.3, -0.25) is 14.5 Å². The summed E-state index contributed by atoms with van der Waals surface area (Å²) in [6, 6.07) is 5.49. The number of H-pyrrole nitrogens is 1. The molecule has 7 nitrogen and oxygen atoms in total. The number of nitrogens with zero attached hydrogens (tertiary/aromatic N) is 3. The average Bonchev–Trinajstić information content (AvgIpc) is 3.13. The number of rotatable bonds is 4. The number of anilines is 1. The van der Waals surface area contributed by atoms with Crippen molar-refractivity contribution in [3.63, 3.8) is 0 Å². The number of pyridine rings is 1. The van der Waals surface area contributed by atoms with E-state index in [1.54, 1.807) is 12.3 Å². The zero-order valence-corrected chi connectivity index (χ0v) is 16.8. The lowest BCUT2D eigenvalue weighted by Crippen LogP contribution is -2.38. The van der Waals surface area contributed by atoms with Crippen LogP contribution >= 0.6 is 27.3 Å². The van der Waals surface area contributed by atoms with E-state index in [0.29, 0.717) is 22.9 Å². The number of aromatic nitrogens is 3. The molecule has 4 rings (SSSR count). The van der Waals surface area contributed by atoms with E-state index in [0.717, 1.165) is 35.9 Å².